The topological polar surface area (TPSA) is 76.9 Å². The van der Waals surface area contributed by atoms with Gasteiger partial charge in [-0.1, -0.05) is 12.1 Å². The van der Waals surface area contributed by atoms with Crippen molar-refractivity contribution in [1.29, 1.82) is 0 Å². The molecular formula is C16H14F2N4O2S. The fourth-order valence-electron chi connectivity index (χ4n) is 2.24. The Hall–Kier alpha value is -2.65. The molecule has 0 aliphatic heterocycles. The van der Waals surface area contributed by atoms with Crippen LogP contribution in [0.5, 0.6) is 0 Å². The molecule has 1 N–H and O–H groups in total. The molecule has 0 fully saturated rings. The average Bonchev–Trinajstić information content (AvgIpc) is 3.00. The predicted octanol–water partition coefficient (Wildman–Crippen LogP) is 2.24. The Morgan fingerprint density at radius 2 is 1.84 bits per heavy atom. The summed E-state index contributed by atoms with van der Waals surface area (Å²) in [5.74, 6) is -2.28. The van der Waals surface area contributed by atoms with Crippen LogP contribution in [0.4, 0.5) is 8.78 Å². The zero-order valence-electron chi connectivity index (χ0n) is 13.1. The summed E-state index contributed by atoms with van der Waals surface area (Å²) >= 11 is 0. The van der Waals surface area contributed by atoms with Crippen LogP contribution < -0.4 is 4.72 Å². The molecular weight excluding hydrogens is 350 g/mol. The highest BCUT2D eigenvalue weighted by molar-refractivity contribution is 7.89. The number of benzene rings is 1. The summed E-state index contributed by atoms with van der Waals surface area (Å²) in [4.78, 5) is 3.24. The maximum atomic E-state index is 13.6. The minimum Gasteiger partial charge on any atom is -0.275 e. The van der Waals surface area contributed by atoms with Gasteiger partial charge in [-0.15, -0.1) is 0 Å². The molecule has 130 valence electrons. The smallest absolute Gasteiger partial charge is 0.246 e. The molecule has 0 saturated carbocycles. The first-order valence-corrected chi connectivity index (χ1v) is 8.73. The minimum atomic E-state index is -4.32. The lowest BCUT2D eigenvalue weighted by Crippen LogP contribution is -2.25. The van der Waals surface area contributed by atoms with E-state index in [2.05, 4.69) is 14.8 Å². The number of hydrogen-bond acceptors (Lipinski definition) is 4. The fraction of sp³-hybridized carbons (Fsp3) is 0.125. The number of sulfonamides is 1. The average molecular weight is 364 g/mol. The second kappa shape index (κ2) is 6.69. The van der Waals surface area contributed by atoms with Gasteiger partial charge in [0.2, 0.25) is 10.0 Å². The molecule has 9 heteroatoms. The van der Waals surface area contributed by atoms with Gasteiger partial charge in [0.25, 0.3) is 0 Å². The van der Waals surface area contributed by atoms with Crippen LogP contribution in [-0.2, 0) is 23.6 Å². The van der Waals surface area contributed by atoms with Crippen LogP contribution in [-0.4, -0.2) is 23.2 Å². The summed E-state index contributed by atoms with van der Waals surface area (Å²) in [5, 5.41) is 4.05. The van der Waals surface area contributed by atoms with E-state index in [1.165, 1.54) is 6.20 Å². The molecule has 25 heavy (non-hydrogen) atoms. The van der Waals surface area contributed by atoms with Crippen LogP contribution in [0.1, 0.15) is 5.56 Å². The fourth-order valence-corrected chi connectivity index (χ4v) is 3.39. The normalized spacial score (nSPS) is 11.6. The summed E-state index contributed by atoms with van der Waals surface area (Å²) in [7, 11) is -2.53. The van der Waals surface area contributed by atoms with Crippen molar-refractivity contribution in [2.45, 2.75) is 11.4 Å². The molecule has 0 saturated heterocycles. The van der Waals surface area contributed by atoms with Gasteiger partial charge >= 0.3 is 0 Å². The number of aromatic nitrogens is 3. The number of rotatable bonds is 5. The first-order chi connectivity index (χ1) is 11.9. The van der Waals surface area contributed by atoms with E-state index in [9.17, 15) is 17.2 Å². The SMILES string of the molecule is Cn1cc(-c2ccc(CNS(=O)(=O)c3c(F)cccc3F)cn2)cn1. The highest BCUT2D eigenvalue weighted by Crippen LogP contribution is 2.19. The van der Waals surface area contributed by atoms with Crippen molar-refractivity contribution in [3.05, 3.63) is 66.1 Å². The van der Waals surface area contributed by atoms with Crippen LogP contribution >= 0.6 is 0 Å². The lowest BCUT2D eigenvalue weighted by Gasteiger charge is -2.08. The van der Waals surface area contributed by atoms with Crippen molar-refractivity contribution in [3.63, 3.8) is 0 Å². The standard InChI is InChI=1S/C16H14F2N4O2S/c1-22-10-12(9-20-22)15-6-5-11(7-19-15)8-21-25(23,24)16-13(17)3-2-4-14(16)18/h2-7,9-10,21H,8H2,1H3. The molecule has 2 aromatic heterocycles. The first kappa shape index (κ1) is 17.2. The van der Waals surface area contributed by atoms with Gasteiger partial charge in [-0.05, 0) is 23.8 Å². The summed E-state index contributed by atoms with van der Waals surface area (Å²) < 4.78 is 55.3. The van der Waals surface area contributed by atoms with E-state index in [4.69, 9.17) is 0 Å². The predicted molar refractivity (Wildman–Crippen MR) is 86.8 cm³/mol. The van der Waals surface area contributed by atoms with Gasteiger partial charge in [-0.3, -0.25) is 9.67 Å². The first-order valence-electron chi connectivity index (χ1n) is 7.24. The number of aryl methyl sites for hydroxylation is 1. The molecule has 1 aromatic carbocycles. The van der Waals surface area contributed by atoms with Gasteiger partial charge in [-0.2, -0.15) is 5.10 Å². The molecule has 6 nitrogen and oxygen atoms in total. The van der Waals surface area contributed by atoms with Crippen LogP contribution in [0.15, 0.2) is 53.8 Å². The van der Waals surface area contributed by atoms with Crippen LogP contribution in [0.25, 0.3) is 11.3 Å². The Labute approximate surface area is 143 Å². The van der Waals surface area contributed by atoms with E-state index >= 15 is 0 Å². The molecule has 0 radical (unpaired) electrons. The molecule has 0 bridgehead atoms. The van der Waals surface area contributed by atoms with Crippen molar-refractivity contribution < 1.29 is 17.2 Å². The van der Waals surface area contributed by atoms with Gasteiger partial charge in [-0.25, -0.2) is 21.9 Å². The van der Waals surface area contributed by atoms with Gasteiger partial charge in [0.1, 0.15) is 11.6 Å². The van der Waals surface area contributed by atoms with Gasteiger partial charge in [0, 0.05) is 31.5 Å². The monoisotopic (exact) mass is 364 g/mol. The Bertz CT molecular complexity index is 981. The van der Waals surface area contributed by atoms with Crippen LogP contribution in [0.3, 0.4) is 0 Å². The molecule has 3 rings (SSSR count). The van der Waals surface area contributed by atoms with E-state index in [0.717, 1.165) is 23.8 Å². The molecule has 2 heterocycles. The largest absolute Gasteiger partial charge is 0.275 e. The quantitative estimate of drug-likeness (QED) is 0.753. The van der Waals surface area contributed by atoms with Crippen molar-refractivity contribution >= 4 is 10.0 Å². The molecule has 0 amide bonds. The third-order valence-electron chi connectivity index (χ3n) is 3.48. The minimum absolute atomic E-state index is 0.142. The zero-order chi connectivity index (χ0) is 18.0. The number of pyridine rings is 1. The second-order valence-electron chi connectivity index (χ2n) is 5.33. The highest BCUT2D eigenvalue weighted by Gasteiger charge is 2.23. The van der Waals surface area contributed by atoms with E-state index in [0.29, 0.717) is 11.3 Å². The molecule has 0 unspecified atom stereocenters. The molecule has 0 aliphatic rings. The summed E-state index contributed by atoms with van der Waals surface area (Å²) in [6, 6.07) is 6.27. The summed E-state index contributed by atoms with van der Waals surface area (Å²) in [5.41, 5.74) is 2.05. The van der Waals surface area contributed by atoms with Crippen molar-refractivity contribution in [1.82, 2.24) is 19.5 Å². The Morgan fingerprint density at radius 1 is 1.12 bits per heavy atom. The Morgan fingerprint density at radius 3 is 2.40 bits per heavy atom. The lowest BCUT2D eigenvalue weighted by molar-refractivity contribution is 0.514. The van der Waals surface area contributed by atoms with Crippen molar-refractivity contribution in [3.8, 4) is 11.3 Å². The number of nitrogens with one attached hydrogen (secondary N) is 1. The molecule has 0 aliphatic carbocycles. The Kier molecular flexibility index (Phi) is 4.60. The highest BCUT2D eigenvalue weighted by atomic mass is 32.2. The molecule has 3 aromatic rings. The maximum absolute atomic E-state index is 13.6. The van der Waals surface area contributed by atoms with Crippen LogP contribution in [0.2, 0.25) is 0 Å². The second-order valence-corrected chi connectivity index (χ2v) is 7.03. The van der Waals surface area contributed by atoms with Crippen LogP contribution in [0, 0.1) is 11.6 Å². The van der Waals surface area contributed by atoms with E-state index in [1.54, 1.807) is 36.3 Å². The van der Waals surface area contributed by atoms with E-state index in [1.807, 2.05) is 0 Å². The molecule has 0 spiro atoms. The van der Waals surface area contributed by atoms with E-state index in [-0.39, 0.29) is 6.54 Å². The number of hydrogen-bond donors (Lipinski definition) is 1. The maximum Gasteiger partial charge on any atom is 0.246 e. The third kappa shape index (κ3) is 3.72. The number of halogens is 2. The van der Waals surface area contributed by atoms with Crippen molar-refractivity contribution in [2.75, 3.05) is 0 Å². The number of nitrogens with zero attached hydrogens (tertiary/aromatic N) is 3. The third-order valence-corrected chi connectivity index (χ3v) is 4.93. The summed E-state index contributed by atoms with van der Waals surface area (Å²) in [6.07, 6.45) is 4.94. The van der Waals surface area contributed by atoms with Gasteiger partial charge in [0.05, 0.1) is 11.9 Å². The molecule has 0 atom stereocenters. The zero-order valence-corrected chi connectivity index (χ0v) is 14.0. The van der Waals surface area contributed by atoms with E-state index < -0.39 is 26.6 Å². The summed E-state index contributed by atoms with van der Waals surface area (Å²) in [6.45, 7) is -0.142. The van der Waals surface area contributed by atoms with Crippen molar-refractivity contribution in [2.24, 2.45) is 7.05 Å². The van der Waals surface area contributed by atoms with Gasteiger partial charge in [0.15, 0.2) is 4.90 Å². The lowest BCUT2D eigenvalue weighted by atomic mass is 10.2. The Balaban J connectivity index is 1.75. The van der Waals surface area contributed by atoms with Gasteiger partial charge < -0.3 is 0 Å².